The highest BCUT2D eigenvalue weighted by Gasteiger charge is 2.32. The van der Waals surface area contributed by atoms with Gasteiger partial charge in [0, 0.05) is 25.5 Å². The fourth-order valence-electron chi connectivity index (χ4n) is 3.10. The van der Waals surface area contributed by atoms with E-state index in [-0.39, 0.29) is 23.7 Å². The lowest BCUT2D eigenvalue weighted by molar-refractivity contribution is -0.122. The van der Waals surface area contributed by atoms with Crippen molar-refractivity contribution >= 4 is 18.3 Å². The lowest BCUT2D eigenvalue weighted by atomic mass is 9.79. The molecule has 0 saturated carbocycles. The standard InChI is InChI=1S/C18H28N2O3.ClH/c1-22-14-18(8-10-19-11-9-18)13-20-17(21)7-6-15-4-3-5-16(12-15)23-2;/h3-5,12,19H,6-11,13-14H2,1-2H3,(H,20,21);1H. The summed E-state index contributed by atoms with van der Waals surface area (Å²) in [5, 5.41) is 6.46. The number of nitrogens with one attached hydrogen (secondary N) is 2. The van der Waals surface area contributed by atoms with Gasteiger partial charge in [-0.05, 0) is 50.0 Å². The van der Waals surface area contributed by atoms with E-state index in [1.165, 1.54) is 0 Å². The second-order valence-electron chi connectivity index (χ2n) is 6.31. The minimum absolute atomic E-state index is 0. The van der Waals surface area contributed by atoms with Crippen molar-refractivity contribution in [3.8, 4) is 5.75 Å². The van der Waals surface area contributed by atoms with E-state index in [4.69, 9.17) is 9.47 Å². The summed E-state index contributed by atoms with van der Waals surface area (Å²) in [6, 6.07) is 7.87. The van der Waals surface area contributed by atoms with Crippen LogP contribution in [0.3, 0.4) is 0 Å². The zero-order valence-electron chi connectivity index (χ0n) is 14.6. The van der Waals surface area contributed by atoms with Gasteiger partial charge in [-0.3, -0.25) is 4.79 Å². The van der Waals surface area contributed by atoms with Gasteiger partial charge in [-0.2, -0.15) is 0 Å². The quantitative estimate of drug-likeness (QED) is 0.749. The van der Waals surface area contributed by atoms with Crippen LogP contribution in [0.4, 0.5) is 0 Å². The van der Waals surface area contributed by atoms with E-state index < -0.39 is 0 Å². The van der Waals surface area contributed by atoms with Gasteiger partial charge in [0.25, 0.3) is 0 Å². The van der Waals surface area contributed by atoms with Crippen LogP contribution in [0, 0.1) is 5.41 Å². The van der Waals surface area contributed by atoms with Crippen LogP contribution in [0.15, 0.2) is 24.3 Å². The van der Waals surface area contributed by atoms with Gasteiger partial charge in [0.05, 0.1) is 13.7 Å². The maximum Gasteiger partial charge on any atom is 0.220 e. The molecule has 6 heteroatoms. The number of piperidine rings is 1. The Balaban J connectivity index is 0.00000288. The van der Waals surface area contributed by atoms with Gasteiger partial charge >= 0.3 is 0 Å². The molecule has 1 saturated heterocycles. The number of ether oxygens (including phenoxy) is 2. The number of carbonyl (C=O) groups excluding carboxylic acids is 1. The van der Waals surface area contributed by atoms with E-state index in [1.807, 2.05) is 24.3 Å². The summed E-state index contributed by atoms with van der Waals surface area (Å²) in [4.78, 5) is 12.2. The number of hydrogen-bond donors (Lipinski definition) is 2. The van der Waals surface area contributed by atoms with Gasteiger partial charge in [0.2, 0.25) is 5.91 Å². The molecule has 1 aromatic carbocycles. The highest BCUT2D eigenvalue weighted by atomic mass is 35.5. The van der Waals surface area contributed by atoms with E-state index in [9.17, 15) is 4.79 Å². The van der Waals surface area contributed by atoms with E-state index >= 15 is 0 Å². The van der Waals surface area contributed by atoms with Crippen molar-refractivity contribution in [3.05, 3.63) is 29.8 Å². The SMILES string of the molecule is COCC1(CNC(=O)CCc2cccc(OC)c2)CCNCC1.Cl. The van der Waals surface area contributed by atoms with E-state index in [2.05, 4.69) is 10.6 Å². The van der Waals surface area contributed by atoms with Crippen LogP contribution in [0.1, 0.15) is 24.8 Å². The first kappa shape index (κ1) is 20.7. The van der Waals surface area contributed by atoms with Crippen LogP contribution in [-0.4, -0.2) is 46.4 Å². The van der Waals surface area contributed by atoms with Gasteiger partial charge in [0.1, 0.15) is 5.75 Å². The first-order valence-corrected chi connectivity index (χ1v) is 8.27. The van der Waals surface area contributed by atoms with Crippen molar-refractivity contribution < 1.29 is 14.3 Å². The van der Waals surface area contributed by atoms with Crippen LogP contribution in [0.2, 0.25) is 0 Å². The van der Waals surface area contributed by atoms with Crippen molar-refractivity contribution in [2.75, 3.05) is 40.5 Å². The fourth-order valence-corrected chi connectivity index (χ4v) is 3.10. The summed E-state index contributed by atoms with van der Waals surface area (Å²) in [6.07, 6.45) is 3.30. The van der Waals surface area contributed by atoms with Crippen molar-refractivity contribution in [3.63, 3.8) is 0 Å². The number of rotatable bonds is 8. The Kier molecular flexibility index (Phi) is 9.11. The molecule has 0 spiro atoms. The average Bonchev–Trinajstić information content (AvgIpc) is 2.59. The molecular formula is C18H29ClN2O3. The molecule has 24 heavy (non-hydrogen) atoms. The van der Waals surface area contributed by atoms with Crippen molar-refractivity contribution in [1.29, 1.82) is 0 Å². The van der Waals surface area contributed by atoms with Gasteiger partial charge in [-0.25, -0.2) is 0 Å². The van der Waals surface area contributed by atoms with Crippen molar-refractivity contribution in [2.24, 2.45) is 5.41 Å². The van der Waals surface area contributed by atoms with Crippen LogP contribution >= 0.6 is 12.4 Å². The molecule has 2 rings (SSSR count). The van der Waals surface area contributed by atoms with Crippen LogP contribution in [0.25, 0.3) is 0 Å². The van der Waals surface area contributed by atoms with E-state index in [0.717, 1.165) is 43.7 Å². The van der Waals surface area contributed by atoms with Gasteiger partial charge in [-0.1, -0.05) is 12.1 Å². The fraction of sp³-hybridized carbons (Fsp3) is 0.611. The third-order valence-electron chi connectivity index (χ3n) is 4.55. The number of amides is 1. The minimum Gasteiger partial charge on any atom is -0.497 e. The highest BCUT2D eigenvalue weighted by molar-refractivity contribution is 5.85. The smallest absolute Gasteiger partial charge is 0.220 e. The molecule has 1 aliphatic rings. The molecule has 0 unspecified atom stereocenters. The lowest BCUT2D eigenvalue weighted by Gasteiger charge is -2.37. The van der Waals surface area contributed by atoms with Crippen LogP contribution in [0.5, 0.6) is 5.75 Å². The number of methoxy groups -OCH3 is 2. The number of halogens is 1. The Hall–Kier alpha value is -1.30. The molecule has 0 aromatic heterocycles. The number of hydrogen-bond acceptors (Lipinski definition) is 4. The molecule has 2 N–H and O–H groups in total. The predicted molar refractivity (Wildman–Crippen MR) is 98.0 cm³/mol. The van der Waals surface area contributed by atoms with E-state index in [1.54, 1.807) is 14.2 Å². The third-order valence-corrected chi connectivity index (χ3v) is 4.55. The van der Waals surface area contributed by atoms with Gasteiger partial charge in [0.15, 0.2) is 0 Å². The first-order chi connectivity index (χ1) is 11.2. The molecule has 0 radical (unpaired) electrons. The largest absolute Gasteiger partial charge is 0.497 e. The molecular weight excluding hydrogens is 328 g/mol. The monoisotopic (exact) mass is 356 g/mol. The van der Waals surface area contributed by atoms with Crippen LogP contribution < -0.4 is 15.4 Å². The summed E-state index contributed by atoms with van der Waals surface area (Å²) in [5.74, 6) is 0.929. The molecule has 0 bridgehead atoms. The molecule has 1 amide bonds. The summed E-state index contributed by atoms with van der Waals surface area (Å²) in [5.41, 5.74) is 1.19. The third kappa shape index (κ3) is 6.30. The zero-order valence-corrected chi connectivity index (χ0v) is 15.4. The topological polar surface area (TPSA) is 59.6 Å². The molecule has 1 aromatic rings. The second kappa shape index (κ2) is 10.5. The zero-order chi connectivity index (χ0) is 16.5. The minimum atomic E-state index is 0. The molecule has 1 fully saturated rings. The van der Waals surface area contributed by atoms with Crippen molar-refractivity contribution in [1.82, 2.24) is 10.6 Å². The Morgan fingerprint density at radius 1 is 1.29 bits per heavy atom. The highest BCUT2D eigenvalue weighted by Crippen LogP contribution is 2.28. The molecule has 0 atom stereocenters. The Morgan fingerprint density at radius 3 is 2.71 bits per heavy atom. The van der Waals surface area contributed by atoms with Crippen LogP contribution in [-0.2, 0) is 16.0 Å². The second-order valence-corrected chi connectivity index (χ2v) is 6.31. The first-order valence-electron chi connectivity index (χ1n) is 8.27. The molecule has 1 heterocycles. The molecule has 0 aliphatic carbocycles. The molecule has 136 valence electrons. The number of benzene rings is 1. The number of aryl methyl sites for hydroxylation is 1. The maximum absolute atomic E-state index is 12.2. The average molecular weight is 357 g/mol. The Bertz CT molecular complexity index is 499. The number of carbonyl (C=O) groups is 1. The summed E-state index contributed by atoms with van der Waals surface area (Å²) in [6.45, 7) is 3.37. The normalized spacial score (nSPS) is 16.1. The summed E-state index contributed by atoms with van der Waals surface area (Å²) >= 11 is 0. The van der Waals surface area contributed by atoms with Gasteiger partial charge < -0.3 is 20.1 Å². The van der Waals surface area contributed by atoms with E-state index in [0.29, 0.717) is 19.6 Å². The Morgan fingerprint density at radius 2 is 2.04 bits per heavy atom. The summed E-state index contributed by atoms with van der Waals surface area (Å²) < 4.78 is 10.6. The Labute approximate surface area is 150 Å². The molecule has 1 aliphatic heterocycles. The summed E-state index contributed by atoms with van der Waals surface area (Å²) in [7, 11) is 3.38. The van der Waals surface area contributed by atoms with Crippen molar-refractivity contribution in [2.45, 2.75) is 25.7 Å². The lowest BCUT2D eigenvalue weighted by Crippen LogP contribution is -2.47. The predicted octanol–water partition coefficient (Wildman–Crippen LogP) is 2.18. The van der Waals surface area contributed by atoms with Gasteiger partial charge in [-0.15, -0.1) is 12.4 Å². The molecule has 5 nitrogen and oxygen atoms in total. The maximum atomic E-state index is 12.2.